The molecule has 20 heavy (non-hydrogen) atoms. The normalized spacial score (nSPS) is 10.3. The molecule has 0 unspecified atom stereocenters. The maximum atomic E-state index is 11.6. The number of hydrogen-bond donors (Lipinski definition) is 1. The summed E-state index contributed by atoms with van der Waals surface area (Å²) in [5.74, 6) is -0.459. The number of hydrogen-bond acceptors (Lipinski definition) is 4. The van der Waals surface area contributed by atoms with Crippen LogP contribution in [0, 0.1) is 0 Å². The highest BCUT2D eigenvalue weighted by Gasteiger charge is 2.11. The topological polar surface area (TPSA) is 52.3 Å². The third kappa shape index (κ3) is 3.39. The average Bonchev–Trinajstić information content (AvgIpc) is 2.44. The van der Waals surface area contributed by atoms with Crippen LogP contribution in [0.3, 0.4) is 0 Å². The van der Waals surface area contributed by atoms with Crippen LogP contribution in [0.25, 0.3) is 0 Å². The summed E-state index contributed by atoms with van der Waals surface area (Å²) in [5.41, 5.74) is 6.48. The second-order valence-corrected chi connectivity index (χ2v) is 5.88. The minimum absolute atomic E-state index is 0.345. The van der Waals surface area contributed by atoms with Gasteiger partial charge in [-0.2, -0.15) is 0 Å². The molecule has 0 radical (unpaired) electrons. The van der Waals surface area contributed by atoms with E-state index in [1.807, 2.05) is 12.1 Å². The van der Waals surface area contributed by atoms with Gasteiger partial charge in [0.05, 0.1) is 22.7 Å². The fourth-order valence-corrected chi connectivity index (χ4v) is 2.82. The molecule has 3 nitrogen and oxygen atoms in total. The Hall–Kier alpha value is -1.36. The Morgan fingerprint density at radius 2 is 1.75 bits per heavy atom. The molecule has 0 aliphatic heterocycles. The number of ether oxygens (including phenoxy) is 1. The van der Waals surface area contributed by atoms with Crippen molar-refractivity contribution < 1.29 is 9.53 Å². The lowest BCUT2D eigenvalue weighted by Gasteiger charge is -2.07. The molecule has 2 aromatic rings. The molecule has 0 amide bonds. The molecule has 104 valence electrons. The van der Waals surface area contributed by atoms with E-state index in [4.69, 9.17) is 33.7 Å². The van der Waals surface area contributed by atoms with E-state index < -0.39 is 5.97 Å². The Bertz CT molecular complexity index is 662. The van der Waals surface area contributed by atoms with Gasteiger partial charge in [-0.05, 0) is 36.4 Å². The number of nitrogen functional groups attached to an aromatic ring is 1. The SMILES string of the molecule is COC(=O)c1cc(Sc2ccc(Cl)c(Cl)c2)ccc1N. The van der Waals surface area contributed by atoms with Crippen LogP contribution in [0.1, 0.15) is 10.4 Å². The second-order valence-electron chi connectivity index (χ2n) is 3.92. The second kappa shape index (κ2) is 6.39. The van der Waals surface area contributed by atoms with E-state index in [0.717, 1.165) is 9.79 Å². The maximum Gasteiger partial charge on any atom is 0.339 e. The van der Waals surface area contributed by atoms with E-state index >= 15 is 0 Å². The molecule has 0 aliphatic rings. The molecule has 0 aliphatic carbocycles. The first-order valence-corrected chi connectivity index (χ1v) is 7.19. The van der Waals surface area contributed by atoms with Crippen molar-refractivity contribution in [3.05, 3.63) is 52.0 Å². The van der Waals surface area contributed by atoms with E-state index in [9.17, 15) is 4.79 Å². The Balaban J connectivity index is 2.29. The summed E-state index contributed by atoms with van der Waals surface area (Å²) < 4.78 is 4.69. The maximum absolute atomic E-state index is 11.6. The third-order valence-electron chi connectivity index (χ3n) is 2.56. The van der Waals surface area contributed by atoms with Gasteiger partial charge in [0.2, 0.25) is 0 Å². The summed E-state index contributed by atoms with van der Waals surface area (Å²) in [5, 5.41) is 0.990. The number of benzene rings is 2. The Kier molecular flexibility index (Phi) is 4.81. The number of carbonyl (C=O) groups is 1. The van der Waals surface area contributed by atoms with Crippen LogP contribution in [-0.2, 0) is 4.74 Å². The minimum atomic E-state index is -0.459. The zero-order chi connectivity index (χ0) is 14.7. The van der Waals surface area contributed by atoms with Gasteiger partial charge in [-0.25, -0.2) is 4.79 Å². The molecule has 2 rings (SSSR count). The van der Waals surface area contributed by atoms with E-state index in [1.165, 1.54) is 18.9 Å². The number of nitrogens with two attached hydrogens (primary N) is 1. The molecule has 0 aromatic heterocycles. The number of anilines is 1. The van der Waals surface area contributed by atoms with E-state index in [1.54, 1.807) is 24.3 Å². The molecule has 0 heterocycles. The minimum Gasteiger partial charge on any atom is -0.465 e. The standard InChI is InChI=1S/C14H11Cl2NO2S/c1-19-14(18)10-6-8(3-5-13(10)17)20-9-2-4-11(15)12(16)7-9/h2-7H,17H2,1H3. The zero-order valence-corrected chi connectivity index (χ0v) is 12.9. The largest absolute Gasteiger partial charge is 0.465 e. The molecule has 2 N–H and O–H groups in total. The fourth-order valence-electron chi connectivity index (χ4n) is 1.56. The predicted molar refractivity (Wildman–Crippen MR) is 82.8 cm³/mol. The van der Waals surface area contributed by atoms with Gasteiger partial charge < -0.3 is 10.5 Å². The molecule has 0 saturated carbocycles. The smallest absolute Gasteiger partial charge is 0.339 e. The Labute approximate surface area is 131 Å². The van der Waals surface area contributed by atoms with Gasteiger partial charge in [0.15, 0.2) is 0 Å². The molecular weight excluding hydrogens is 317 g/mol. The predicted octanol–water partition coefficient (Wildman–Crippen LogP) is 4.51. The summed E-state index contributed by atoms with van der Waals surface area (Å²) in [6.07, 6.45) is 0. The quantitative estimate of drug-likeness (QED) is 0.665. The van der Waals surface area contributed by atoms with Gasteiger partial charge in [-0.1, -0.05) is 35.0 Å². The van der Waals surface area contributed by atoms with Crippen molar-refractivity contribution in [2.45, 2.75) is 9.79 Å². The highest BCUT2D eigenvalue weighted by Crippen LogP contribution is 2.33. The van der Waals surface area contributed by atoms with Crippen LogP contribution in [0.5, 0.6) is 0 Å². The van der Waals surface area contributed by atoms with Crippen molar-refractivity contribution in [3.63, 3.8) is 0 Å². The van der Waals surface area contributed by atoms with Crippen molar-refractivity contribution in [2.24, 2.45) is 0 Å². The lowest BCUT2D eigenvalue weighted by molar-refractivity contribution is 0.0601. The highest BCUT2D eigenvalue weighted by molar-refractivity contribution is 7.99. The van der Waals surface area contributed by atoms with Gasteiger partial charge in [0.25, 0.3) is 0 Å². The first-order chi connectivity index (χ1) is 9.51. The first kappa shape index (κ1) is 15.0. The molecule has 0 saturated heterocycles. The lowest BCUT2D eigenvalue weighted by Crippen LogP contribution is -2.05. The Morgan fingerprint density at radius 1 is 1.10 bits per heavy atom. The summed E-state index contributed by atoms with van der Waals surface area (Å²) in [6, 6.07) is 10.5. The van der Waals surface area contributed by atoms with E-state index in [-0.39, 0.29) is 0 Å². The number of halogens is 2. The first-order valence-electron chi connectivity index (χ1n) is 5.62. The van der Waals surface area contributed by atoms with Crippen LogP contribution in [0.4, 0.5) is 5.69 Å². The van der Waals surface area contributed by atoms with Gasteiger partial charge in [-0.15, -0.1) is 0 Å². The van der Waals surface area contributed by atoms with Gasteiger partial charge >= 0.3 is 5.97 Å². The van der Waals surface area contributed by atoms with Crippen LogP contribution in [-0.4, -0.2) is 13.1 Å². The molecule has 6 heteroatoms. The average molecular weight is 328 g/mol. The lowest BCUT2D eigenvalue weighted by atomic mass is 10.2. The third-order valence-corrected chi connectivity index (χ3v) is 4.28. The van der Waals surface area contributed by atoms with Crippen LogP contribution in [0.2, 0.25) is 10.0 Å². The van der Waals surface area contributed by atoms with E-state index in [2.05, 4.69) is 0 Å². The van der Waals surface area contributed by atoms with Crippen molar-refractivity contribution >= 4 is 46.6 Å². The summed E-state index contributed by atoms with van der Waals surface area (Å²) in [7, 11) is 1.32. The molecule has 2 aromatic carbocycles. The van der Waals surface area contributed by atoms with Gasteiger partial charge in [0, 0.05) is 15.5 Å². The highest BCUT2D eigenvalue weighted by atomic mass is 35.5. The monoisotopic (exact) mass is 327 g/mol. The van der Waals surface area contributed by atoms with Crippen molar-refractivity contribution in [1.29, 1.82) is 0 Å². The number of carbonyl (C=O) groups excluding carboxylic acids is 1. The summed E-state index contributed by atoms with van der Waals surface area (Å²) in [4.78, 5) is 13.4. The molecule has 0 bridgehead atoms. The number of rotatable bonds is 3. The van der Waals surface area contributed by atoms with Gasteiger partial charge in [0.1, 0.15) is 0 Å². The van der Waals surface area contributed by atoms with E-state index in [0.29, 0.717) is 21.3 Å². The zero-order valence-electron chi connectivity index (χ0n) is 10.5. The Morgan fingerprint density at radius 3 is 2.40 bits per heavy atom. The van der Waals surface area contributed by atoms with Crippen molar-refractivity contribution in [1.82, 2.24) is 0 Å². The van der Waals surface area contributed by atoms with Crippen LogP contribution < -0.4 is 5.73 Å². The van der Waals surface area contributed by atoms with Gasteiger partial charge in [-0.3, -0.25) is 0 Å². The van der Waals surface area contributed by atoms with Crippen LogP contribution in [0.15, 0.2) is 46.2 Å². The van der Waals surface area contributed by atoms with Crippen molar-refractivity contribution in [3.8, 4) is 0 Å². The van der Waals surface area contributed by atoms with Crippen LogP contribution >= 0.6 is 35.0 Å². The molecule has 0 fully saturated rings. The molecule has 0 atom stereocenters. The fraction of sp³-hybridized carbons (Fsp3) is 0.0714. The van der Waals surface area contributed by atoms with Crippen molar-refractivity contribution in [2.75, 3.05) is 12.8 Å². The molecule has 0 spiro atoms. The summed E-state index contributed by atoms with van der Waals surface area (Å²) >= 11 is 13.3. The number of esters is 1. The number of methoxy groups -OCH3 is 1. The molecular formula is C14H11Cl2NO2S. The summed E-state index contributed by atoms with van der Waals surface area (Å²) in [6.45, 7) is 0.